The van der Waals surface area contributed by atoms with Crippen LogP contribution in [0, 0.1) is 5.92 Å². The van der Waals surface area contributed by atoms with Gasteiger partial charge in [0.2, 0.25) is 0 Å². The molecule has 0 aromatic heterocycles. The summed E-state index contributed by atoms with van der Waals surface area (Å²) in [6.07, 6.45) is 9.95. The number of aliphatic imine (C=N–C) groups is 1. The van der Waals surface area contributed by atoms with Crippen molar-refractivity contribution in [2.45, 2.75) is 72.9 Å². The van der Waals surface area contributed by atoms with Crippen LogP contribution in [0.15, 0.2) is 47.0 Å². The van der Waals surface area contributed by atoms with Gasteiger partial charge in [0, 0.05) is 41.2 Å². The van der Waals surface area contributed by atoms with E-state index >= 15 is 0 Å². The third-order valence-corrected chi connectivity index (χ3v) is 5.87. The minimum atomic E-state index is -0.833. The third-order valence-electron chi connectivity index (χ3n) is 5.43. The minimum Gasteiger partial charge on any atom is -0.481 e. The van der Waals surface area contributed by atoms with Gasteiger partial charge >= 0.3 is 0 Å². The monoisotopic (exact) mass is 567 g/mol. The van der Waals surface area contributed by atoms with Crippen molar-refractivity contribution in [2.24, 2.45) is 10.9 Å². The minimum absolute atomic E-state index is 0.0425. The van der Waals surface area contributed by atoms with Crippen molar-refractivity contribution in [2.75, 3.05) is 20.1 Å². The topological polar surface area (TPSA) is 99.1 Å². The number of carboxylic acid groups (broad SMARTS) is 1. The van der Waals surface area contributed by atoms with Crippen LogP contribution in [0.2, 0.25) is 10.0 Å². The summed E-state index contributed by atoms with van der Waals surface area (Å²) in [5, 5.41) is 11.2. The van der Waals surface area contributed by atoms with Crippen LogP contribution >= 0.6 is 23.2 Å². The second-order valence-electron chi connectivity index (χ2n) is 9.50. The Bertz CT molecular complexity index is 981. The van der Waals surface area contributed by atoms with Crippen molar-refractivity contribution in [1.29, 1.82) is 0 Å². The van der Waals surface area contributed by atoms with Crippen LogP contribution in [0.3, 0.4) is 0 Å². The summed E-state index contributed by atoms with van der Waals surface area (Å²) in [5.41, 5.74) is 1.06. The molecule has 1 amide bonds. The molecule has 0 aliphatic rings. The second kappa shape index (κ2) is 18.7. The smallest absolute Gasteiger partial charge is 0.300 e. The summed E-state index contributed by atoms with van der Waals surface area (Å²) in [5.74, 6) is -0.496. The van der Waals surface area contributed by atoms with Gasteiger partial charge in [0.1, 0.15) is 11.4 Å². The highest BCUT2D eigenvalue weighted by Crippen LogP contribution is 2.27. The molecule has 212 valence electrons. The molecule has 1 atom stereocenters. The van der Waals surface area contributed by atoms with Crippen LogP contribution in [0.25, 0.3) is 0 Å². The molecule has 9 heteroatoms. The fourth-order valence-electron chi connectivity index (χ4n) is 3.80. The van der Waals surface area contributed by atoms with Crippen LogP contribution in [0.5, 0.6) is 0 Å². The molecule has 2 N–H and O–H groups in total. The van der Waals surface area contributed by atoms with Crippen molar-refractivity contribution < 1.29 is 19.5 Å². The van der Waals surface area contributed by atoms with Gasteiger partial charge in [-0.3, -0.25) is 24.3 Å². The van der Waals surface area contributed by atoms with E-state index in [1.54, 1.807) is 18.2 Å². The molecule has 1 unspecified atom stereocenters. The van der Waals surface area contributed by atoms with Gasteiger partial charge in [-0.2, -0.15) is 0 Å². The lowest BCUT2D eigenvalue weighted by molar-refractivity contribution is -0.134. The number of halogens is 2. The van der Waals surface area contributed by atoms with E-state index in [9.17, 15) is 9.59 Å². The fraction of sp³-hybridized carbons (Fsp3) is 0.517. The first-order chi connectivity index (χ1) is 17.8. The number of allylic oxidation sites excluding steroid dienone is 2. The molecule has 0 radical (unpaired) electrons. The molecule has 0 spiro atoms. The molecule has 0 fully saturated rings. The number of nitrogens with one attached hydrogen (secondary N) is 1. The molecule has 1 rings (SSSR count). The van der Waals surface area contributed by atoms with E-state index in [4.69, 9.17) is 38.1 Å². The summed E-state index contributed by atoms with van der Waals surface area (Å²) < 4.78 is 0. The quantitative estimate of drug-likeness (QED) is 0.0869. The van der Waals surface area contributed by atoms with Crippen molar-refractivity contribution in [1.82, 2.24) is 10.2 Å². The lowest BCUT2D eigenvalue weighted by Gasteiger charge is -2.37. The van der Waals surface area contributed by atoms with E-state index in [1.165, 1.54) is 0 Å². The Morgan fingerprint density at radius 1 is 1.18 bits per heavy atom. The number of nitrogens with zero attached hydrogens (tertiary/aromatic N) is 2. The number of benzene rings is 1. The number of carbonyl (C=O) groups is 3. The summed E-state index contributed by atoms with van der Waals surface area (Å²) in [7, 11) is 2.03. The maximum Gasteiger partial charge on any atom is 0.300 e. The highest BCUT2D eigenvalue weighted by Gasteiger charge is 2.30. The van der Waals surface area contributed by atoms with Crippen LogP contribution in [0.4, 0.5) is 0 Å². The van der Waals surface area contributed by atoms with Gasteiger partial charge in [-0.05, 0) is 70.7 Å². The zero-order chi connectivity index (χ0) is 29.3. The lowest BCUT2D eigenvalue weighted by atomic mass is 9.97. The van der Waals surface area contributed by atoms with Crippen LogP contribution in [0.1, 0.15) is 72.8 Å². The predicted octanol–water partition coefficient (Wildman–Crippen LogP) is 6.58. The maximum atomic E-state index is 12.1. The summed E-state index contributed by atoms with van der Waals surface area (Å²) in [6.45, 7) is 12.7. The number of unbranched alkanes of at least 4 members (excludes halogenated alkanes) is 1. The van der Waals surface area contributed by atoms with E-state index in [2.05, 4.69) is 31.0 Å². The van der Waals surface area contributed by atoms with E-state index < -0.39 is 11.6 Å². The number of aliphatic carboxylic acids is 1. The average molecular weight is 569 g/mol. The Morgan fingerprint density at radius 2 is 1.76 bits per heavy atom. The molecular weight excluding hydrogens is 525 g/mol. The molecular formula is C29H43Cl2N3O4. The van der Waals surface area contributed by atoms with Gasteiger partial charge in [0.05, 0.1) is 0 Å². The van der Waals surface area contributed by atoms with E-state index in [0.717, 1.165) is 45.4 Å². The summed E-state index contributed by atoms with van der Waals surface area (Å²) in [6, 6.07) is 5.05. The maximum absolute atomic E-state index is 12.1. The molecule has 0 saturated heterocycles. The largest absolute Gasteiger partial charge is 0.481 e. The lowest BCUT2D eigenvalue weighted by Crippen LogP contribution is -2.44. The predicted molar refractivity (Wildman–Crippen MR) is 158 cm³/mol. The first kappa shape index (κ1) is 35.5. The molecule has 38 heavy (non-hydrogen) atoms. The number of aldehydes is 1. The third kappa shape index (κ3) is 14.5. The number of amides is 1. The Hall–Kier alpha value is -2.48. The van der Waals surface area contributed by atoms with Gasteiger partial charge in [0.25, 0.3) is 11.9 Å². The van der Waals surface area contributed by atoms with Crippen molar-refractivity contribution >= 4 is 47.1 Å². The Labute approximate surface area is 238 Å². The number of rotatable bonds is 14. The number of hydrogen-bond acceptors (Lipinski definition) is 5. The van der Waals surface area contributed by atoms with Gasteiger partial charge in [-0.1, -0.05) is 62.2 Å². The second-order valence-corrected chi connectivity index (χ2v) is 10.4. The molecule has 7 nitrogen and oxygen atoms in total. The van der Waals surface area contributed by atoms with Crippen molar-refractivity contribution in [3.63, 3.8) is 0 Å². The van der Waals surface area contributed by atoms with Gasteiger partial charge in [-0.25, -0.2) is 0 Å². The molecule has 0 heterocycles. The SMILES string of the molecule is CC(=O)O.CC/C=C(\C=C/CCCN(C)C(C)(CC(C)C)/N=C(\C=O)c1cc(Cl)cc(Cl)c1)C(=O)NCC. The molecule has 0 bridgehead atoms. The molecule has 0 saturated carbocycles. The van der Waals surface area contributed by atoms with E-state index in [0.29, 0.717) is 39.4 Å². The number of carbonyl (C=O) groups excluding carboxylic acids is 2. The highest BCUT2D eigenvalue weighted by molar-refractivity contribution is 6.39. The Kier molecular flexibility index (Phi) is 17.5. The Balaban J connectivity index is 0.00000318. The van der Waals surface area contributed by atoms with E-state index in [-0.39, 0.29) is 5.91 Å². The van der Waals surface area contributed by atoms with Gasteiger partial charge in [-0.15, -0.1) is 0 Å². The fourth-order valence-corrected chi connectivity index (χ4v) is 4.32. The van der Waals surface area contributed by atoms with Crippen LogP contribution < -0.4 is 5.32 Å². The van der Waals surface area contributed by atoms with Crippen LogP contribution in [-0.4, -0.2) is 59.7 Å². The zero-order valence-electron chi connectivity index (χ0n) is 23.7. The first-order valence-electron chi connectivity index (χ1n) is 12.9. The molecule has 0 aliphatic carbocycles. The highest BCUT2D eigenvalue weighted by atomic mass is 35.5. The van der Waals surface area contributed by atoms with Gasteiger partial charge < -0.3 is 10.4 Å². The number of hydrogen-bond donors (Lipinski definition) is 2. The normalized spacial score (nSPS) is 13.8. The first-order valence-corrected chi connectivity index (χ1v) is 13.6. The van der Waals surface area contributed by atoms with Crippen LogP contribution in [-0.2, 0) is 14.4 Å². The summed E-state index contributed by atoms with van der Waals surface area (Å²) in [4.78, 5) is 40.2. The summed E-state index contributed by atoms with van der Waals surface area (Å²) >= 11 is 12.3. The average Bonchev–Trinajstić information content (AvgIpc) is 2.80. The number of carboxylic acids is 1. The van der Waals surface area contributed by atoms with E-state index in [1.807, 2.05) is 39.1 Å². The standard InChI is InChI=1S/C27H39Cl2N3O2.C2H4O2/c1-7-12-21(26(34)30-8-2)13-10-9-11-14-32(6)27(5,18-20(3)4)31-25(19-33)22-15-23(28)17-24(29)16-22;1-2(3)4/h10,12-13,15-17,19-20H,7-9,11,14,18H2,1-6H3,(H,30,34);1H3,(H,3,4)/b13-10-,21-12+,31-25+;. The van der Waals surface area contributed by atoms with Crippen molar-refractivity contribution in [3.05, 3.63) is 57.6 Å². The number of likely N-dealkylation sites (N-methyl/N-ethyl adjacent to an activating group) is 1. The molecule has 1 aromatic carbocycles. The van der Waals surface area contributed by atoms with Crippen molar-refractivity contribution in [3.8, 4) is 0 Å². The Morgan fingerprint density at radius 3 is 2.24 bits per heavy atom. The molecule has 1 aromatic rings. The zero-order valence-corrected chi connectivity index (χ0v) is 25.2. The molecule has 0 aliphatic heterocycles. The van der Waals surface area contributed by atoms with Gasteiger partial charge in [0.15, 0.2) is 6.29 Å².